The molecule has 1 aromatic carbocycles. The van der Waals surface area contributed by atoms with Gasteiger partial charge in [-0.3, -0.25) is 14.9 Å². The molecule has 82 valence electrons. The van der Waals surface area contributed by atoms with Crippen LogP contribution in [-0.2, 0) is 0 Å². The number of hydrogen-bond acceptors (Lipinski definition) is 4. The maximum atomic E-state index is 11.3. The Morgan fingerprint density at radius 3 is 2.75 bits per heavy atom. The van der Waals surface area contributed by atoms with E-state index in [1.54, 1.807) is 12.1 Å². The second kappa shape index (κ2) is 3.60. The molecule has 0 amide bonds. The summed E-state index contributed by atoms with van der Waals surface area (Å²) in [6, 6.07) is 4.65. The Labute approximate surface area is 96.8 Å². The predicted octanol–water partition coefficient (Wildman–Crippen LogP) is 1.90. The van der Waals surface area contributed by atoms with E-state index in [1.807, 2.05) is 0 Å². The number of aromatic amines is 1. The molecule has 2 rings (SSSR count). The van der Waals surface area contributed by atoms with E-state index >= 15 is 0 Å². The zero-order chi connectivity index (χ0) is 11.9. The van der Waals surface area contributed by atoms with Gasteiger partial charge in [0, 0.05) is 9.86 Å². The van der Waals surface area contributed by atoms with E-state index in [4.69, 9.17) is 0 Å². The van der Waals surface area contributed by atoms with Crippen molar-refractivity contribution in [1.82, 2.24) is 4.98 Å². The molecule has 0 radical (unpaired) electrons. The summed E-state index contributed by atoms with van der Waals surface area (Å²) in [5, 5.41) is 20.4. The Balaban J connectivity index is 2.94. The first-order valence-corrected chi connectivity index (χ1v) is 4.99. The number of rotatable bonds is 1. The number of nitrogens with zero attached hydrogens (tertiary/aromatic N) is 1. The fourth-order valence-electron chi connectivity index (χ4n) is 1.41. The normalized spacial score (nSPS) is 10.6. The second-order valence-electron chi connectivity index (χ2n) is 3.10. The smallest absolute Gasteiger partial charge is 0.375 e. The molecule has 0 aliphatic heterocycles. The molecule has 0 unspecified atom stereocenters. The van der Waals surface area contributed by atoms with Gasteiger partial charge in [0.2, 0.25) is 5.75 Å². The van der Waals surface area contributed by atoms with Crippen molar-refractivity contribution in [1.29, 1.82) is 0 Å². The van der Waals surface area contributed by atoms with Gasteiger partial charge in [-0.1, -0.05) is 15.9 Å². The lowest BCUT2D eigenvalue weighted by molar-refractivity contribution is -0.387. The number of benzene rings is 1. The first-order valence-electron chi connectivity index (χ1n) is 4.19. The van der Waals surface area contributed by atoms with Crippen LogP contribution in [0.25, 0.3) is 10.9 Å². The number of H-pyrrole nitrogens is 1. The van der Waals surface area contributed by atoms with Gasteiger partial charge >= 0.3 is 11.2 Å². The van der Waals surface area contributed by atoms with Gasteiger partial charge in [-0.05, 0) is 18.2 Å². The number of pyridine rings is 1. The summed E-state index contributed by atoms with van der Waals surface area (Å²) in [4.78, 5) is 23.3. The molecule has 0 saturated carbocycles. The third kappa shape index (κ3) is 1.54. The molecule has 0 bridgehead atoms. The molecule has 7 heteroatoms. The Morgan fingerprint density at radius 1 is 1.44 bits per heavy atom. The molecule has 0 fully saturated rings. The number of nitro groups is 1. The lowest BCUT2D eigenvalue weighted by atomic mass is 10.2. The van der Waals surface area contributed by atoms with Crippen molar-refractivity contribution in [3.63, 3.8) is 0 Å². The Bertz CT molecular complexity index is 650. The van der Waals surface area contributed by atoms with Crippen molar-refractivity contribution in [2.45, 2.75) is 0 Å². The van der Waals surface area contributed by atoms with E-state index in [0.29, 0.717) is 9.99 Å². The van der Waals surface area contributed by atoms with Gasteiger partial charge in [-0.15, -0.1) is 0 Å². The Morgan fingerprint density at radius 2 is 2.12 bits per heavy atom. The predicted molar refractivity (Wildman–Crippen MR) is 60.6 cm³/mol. The summed E-state index contributed by atoms with van der Waals surface area (Å²) in [5.41, 5.74) is -1.43. The zero-order valence-corrected chi connectivity index (χ0v) is 9.32. The highest BCUT2D eigenvalue weighted by Gasteiger charge is 2.21. The van der Waals surface area contributed by atoms with Gasteiger partial charge in [0.25, 0.3) is 0 Å². The maximum absolute atomic E-state index is 11.3. The van der Waals surface area contributed by atoms with E-state index in [0.717, 1.165) is 0 Å². The molecule has 0 saturated heterocycles. The summed E-state index contributed by atoms with van der Waals surface area (Å²) in [5.74, 6) is -0.615. The van der Waals surface area contributed by atoms with Crippen LogP contribution in [0.4, 0.5) is 5.69 Å². The monoisotopic (exact) mass is 284 g/mol. The minimum absolute atomic E-state index is 0.231. The van der Waals surface area contributed by atoms with Gasteiger partial charge in [-0.25, -0.2) is 0 Å². The van der Waals surface area contributed by atoms with Crippen LogP contribution >= 0.6 is 15.9 Å². The van der Waals surface area contributed by atoms with E-state index in [2.05, 4.69) is 20.9 Å². The summed E-state index contributed by atoms with van der Waals surface area (Å²) >= 11 is 3.19. The van der Waals surface area contributed by atoms with Crippen molar-refractivity contribution in [3.8, 4) is 5.75 Å². The highest BCUT2D eigenvalue weighted by atomic mass is 79.9. The maximum Gasteiger partial charge on any atom is 0.375 e. The van der Waals surface area contributed by atoms with Crippen LogP contribution in [0.2, 0.25) is 0 Å². The summed E-state index contributed by atoms with van der Waals surface area (Å²) in [6.07, 6.45) is 0. The third-order valence-electron chi connectivity index (χ3n) is 2.11. The van der Waals surface area contributed by atoms with Crippen molar-refractivity contribution in [2.75, 3.05) is 0 Å². The van der Waals surface area contributed by atoms with Crippen LogP contribution in [0, 0.1) is 10.1 Å². The van der Waals surface area contributed by atoms with Crippen LogP contribution in [0.5, 0.6) is 5.75 Å². The SMILES string of the molecule is O=c1[nH]c2cc(Br)ccc2c(O)c1[N+](=O)[O-]. The topological polar surface area (TPSA) is 96.2 Å². The molecule has 1 aromatic heterocycles. The quantitative estimate of drug-likeness (QED) is 0.617. The minimum atomic E-state index is -0.923. The molecule has 16 heavy (non-hydrogen) atoms. The summed E-state index contributed by atoms with van der Waals surface area (Å²) < 4.78 is 0.698. The standard InChI is InChI=1S/C9H5BrN2O4/c10-4-1-2-5-6(3-4)11-9(14)7(8(5)13)12(15)16/h1-3H,(H2,11,13,14). The lowest BCUT2D eigenvalue weighted by Crippen LogP contribution is -2.11. The molecule has 6 nitrogen and oxygen atoms in total. The average Bonchev–Trinajstić information content (AvgIpc) is 2.15. The van der Waals surface area contributed by atoms with E-state index in [1.165, 1.54) is 6.07 Å². The van der Waals surface area contributed by atoms with Gasteiger partial charge in [0.1, 0.15) is 0 Å². The molecule has 0 aliphatic rings. The molecule has 0 spiro atoms. The third-order valence-corrected chi connectivity index (χ3v) is 2.60. The highest BCUT2D eigenvalue weighted by molar-refractivity contribution is 9.10. The van der Waals surface area contributed by atoms with Crippen molar-refractivity contribution >= 4 is 32.5 Å². The summed E-state index contributed by atoms with van der Waals surface area (Å²) in [7, 11) is 0. The van der Waals surface area contributed by atoms with Crippen LogP contribution in [0.1, 0.15) is 0 Å². The Kier molecular flexibility index (Phi) is 2.39. The number of hydrogen-bond donors (Lipinski definition) is 2. The van der Waals surface area contributed by atoms with Crippen LogP contribution in [0.3, 0.4) is 0 Å². The first kappa shape index (κ1) is 10.6. The second-order valence-corrected chi connectivity index (χ2v) is 4.01. The van der Waals surface area contributed by atoms with E-state index in [9.17, 15) is 20.0 Å². The Hall–Kier alpha value is -1.89. The average molecular weight is 285 g/mol. The van der Waals surface area contributed by atoms with Gasteiger partial charge in [-0.2, -0.15) is 0 Å². The molecular formula is C9H5BrN2O4. The highest BCUT2D eigenvalue weighted by Crippen LogP contribution is 2.30. The van der Waals surface area contributed by atoms with Crippen molar-refractivity contribution in [2.24, 2.45) is 0 Å². The van der Waals surface area contributed by atoms with Crippen LogP contribution < -0.4 is 5.56 Å². The van der Waals surface area contributed by atoms with Crippen LogP contribution in [0.15, 0.2) is 27.5 Å². The van der Waals surface area contributed by atoms with Gasteiger partial charge in [0.15, 0.2) is 0 Å². The van der Waals surface area contributed by atoms with E-state index in [-0.39, 0.29) is 5.39 Å². The summed E-state index contributed by atoms with van der Waals surface area (Å²) in [6.45, 7) is 0. The number of halogens is 1. The fourth-order valence-corrected chi connectivity index (χ4v) is 1.77. The van der Waals surface area contributed by atoms with E-state index < -0.39 is 21.9 Å². The minimum Gasteiger partial charge on any atom is -0.501 e. The largest absolute Gasteiger partial charge is 0.501 e. The fraction of sp³-hybridized carbons (Fsp3) is 0. The number of aromatic nitrogens is 1. The molecule has 0 atom stereocenters. The van der Waals surface area contributed by atoms with Gasteiger partial charge in [0.05, 0.1) is 10.4 Å². The number of fused-ring (bicyclic) bond motifs is 1. The van der Waals surface area contributed by atoms with Crippen molar-refractivity contribution < 1.29 is 10.0 Å². The van der Waals surface area contributed by atoms with Crippen LogP contribution in [-0.4, -0.2) is 15.0 Å². The molecule has 2 N–H and O–H groups in total. The van der Waals surface area contributed by atoms with Crippen molar-refractivity contribution in [3.05, 3.63) is 43.1 Å². The number of nitrogens with one attached hydrogen (secondary N) is 1. The molecular weight excluding hydrogens is 280 g/mol. The molecule has 2 aromatic rings. The first-order chi connectivity index (χ1) is 7.50. The lowest BCUT2D eigenvalue weighted by Gasteiger charge is -2.01. The zero-order valence-electron chi connectivity index (χ0n) is 7.73. The molecule has 1 heterocycles. The molecule has 0 aliphatic carbocycles. The van der Waals surface area contributed by atoms with Gasteiger partial charge < -0.3 is 10.1 Å². The number of aromatic hydroxyl groups is 1.